The first-order valence-corrected chi connectivity index (χ1v) is 13.2. The molecule has 33 heavy (non-hydrogen) atoms. The van der Waals surface area contributed by atoms with Crippen molar-refractivity contribution in [1.29, 1.82) is 0 Å². The Kier molecular flexibility index (Phi) is 5.76. The van der Waals surface area contributed by atoms with E-state index in [9.17, 15) is 26.7 Å². The number of hydrogen-bond acceptors (Lipinski definition) is 6. The molecular weight excluding hydrogens is 466 g/mol. The minimum Gasteiger partial charge on any atom is -0.506 e. The van der Waals surface area contributed by atoms with Gasteiger partial charge in [0.05, 0.1) is 17.6 Å². The second-order valence-electron chi connectivity index (χ2n) is 7.65. The summed E-state index contributed by atoms with van der Waals surface area (Å²) in [4.78, 5) is 11.5. The molecule has 3 aromatic carbocycles. The highest BCUT2D eigenvalue weighted by atomic mass is 32.2. The number of sulfonamides is 1. The fraction of sp³-hybridized carbons (Fsp3) is 0.136. The Bertz CT molecular complexity index is 1440. The van der Waals surface area contributed by atoms with Crippen molar-refractivity contribution in [1.82, 2.24) is 4.72 Å². The number of nitrogens with zero attached hydrogens (tertiary/aromatic N) is 1. The number of carbonyl (C=O) groups excluding carboxylic acids is 1. The number of phenolic OH excluding ortho intramolecular Hbond substituents is 1. The molecule has 0 saturated carbocycles. The molecule has 0 radical (unpaired) electrons. The van der Waals surface area contributed by atoms with Crippen molar-refractivity contribution in [3.8, 4) is 16.9 Å². The standard InChI is InChI=1S/C22H21N3O6S2/c1-32(28,29)23-19-9-8-17(16-5-3-2-4-6-16)13-18(19)11-15-7-10-20(21(26)12-15)25-14-22(27)24-33(25,30)31/h2-10,12-13,23,26H,11,14H2,1H3,(H,24,27). The average Bonchev–Trinajstić information content (AvgIpc) is 3.01. The Labute approximate surface area is 191 Å². The Morgan fingerprint density at radius 3 is 2.36 bits per heavy atom. The highest BCUT2D eigenvalue weighted by Gasteiger charge is 2.35. The molecule has 1 aliphatic heterocycles. The van der Waals surface area contributed by atoms with Crippen LogP contribution in [0.5, 0.6) is 5.75 Å². The van der Waals surface area contributed by atoms with Gasteiger partial charge >= 0.3 is 10.2 Å². The van der Waals surface area contributed by atoms with Gasteiger partial charge in [-0.3, -0.25) is 9.52 Å². The van der Waals surface area contributed by atoms with Crippen molar-refractivity contribution >= 4 is 37.5 Å². The number of amides is 1. The van der Waals surface area contributed by atoms with E-state index in [4.69, 9.17) is 0 Å². The Morgan fingerprint density at radius 1 is 1.03 bits per heavy atom. The van der Waals surface area contributed by atoms with Crippen LogP contribution < -0.4 is 13.7 Å². The quantitative estimate of drug-likeness (QED) is 0.488. The maximum Gasteiger partial charge on any atom is 0.326 e. The molecular formula is C22H21N3O6S2. The molecule has 1 saturated heterocycles. The molecule has 0 atom stereocenters. The van der Waals surface area contributed by atoms with E-state index >= 15 is 0 Å². The van der Waals surface area contributed by atoms with E-state index in [1.165, 1.54) is 12.1 Å². The first-order chi connectivity index (χ1) is 15.5. The molecule has 0 aromatic heterocycles. The lowest BCUT2D eigenvalue weighted by atomic mass is 9.97. The van der Waals surface area contributed by atoms with Gasteiger partial charge in [0.1, 0.15) is 12.3 Å². The van der Waals surface area contributed by atoms with Crippen LogP contribution in [0.1, 0.15) is 11.1 Å². The van der Waals surface area contributed by atoms with Gasteiger partial charge in [0.15, 0.2) is 0 Å². The zero-order valence-corrected chi connectivity index (χ0v) is 19.2. The van der Waals surface area contributed by atoms with Gasteiger partial charge in [-0.15, -0.1) is 0 Å². The van der Waals surface area contributed by atoms with Gasteiger partial charge in [-0.1, -0.05) is 42.5 Å². The first-order valence-electron chi connectivity index (χ1n) is 9.83. The lowest BCUT2D eigenvalue weighted by molar-refractivity contribution is -0.117. The monoisotopic (exact) mass is 487 g/mol. The van der Waals surface area contributed by atoms with Crippen LogP contribution in [0.2, 0.25) is 0 Å². The minimum atomic E-state index is -4.05. The van der Waals surface area contributed by atoms with Crippen LogP contribution in [0.15, 0.2) is 66.7 Å². The molecule has 9 nitrogen and oxygen atoms in total. The molecule has 11 heteroatoms. The van der Waals surface area contributed by atoms with E-state index in [1.807, 2.05) is 47.2 Å². The summed E-state index contributed by atoms with van der Waals surface area (Å²) >= 11 is 0. The van der Waals surface area contributed by atoms with Crippen molar-refractivity contribution in [2.24, 2.45) is 0 Å². The van der Waals surface area contributed by atoms with Crippen LogP contribution in [0.25, 0.3) is 11.1 Å². The van der Waals surface area contributed by atoms with Crippen LogP contribution >= 0.6 is 0 Å². The van der Waals surface area contributed by atoms with Gasteiger partial charge in [0.2, 0.25) is 10.0 Å². The van der Waals surface area contributed by atoms with E-state index < -0.39 is 32.7 Å². The number of hydrogen-bond donors (Lipinski definition) is 3. The summed E-state index contributed by atoms with van der Waals surface area (Å²) in [5.74, 6) is -1.00. The second kappa shape index (κ2) is 8.41. The van der Waals surface area contributed by atoms with Crippen molar-refractivity contribution < 1.29 is 26.7 Å². The smallest absolute Gasteiger partial charge is 0.326 e. The summed E-state index contributed by atoms with van der Waals surface area (Å²) in [6, 6.07) is 19.4. The Balaban J connectivity index is 1.70. The SMILES string of the molecule is CS(=O)(=O)Nc1ccc(-c2ccccc2)cc1Cc1ccc(N2CC(=O)NS2(=O)=O)c(O)c1. The van der Waals surface area contributed by atoms with Gasteiger partial charge < -0.3 is 5.11 Å². The summed E-state index contributed by atoms with van der Waals surface area (Å²) in [6.45, 7) is -0.420. The van der Waals surface area contributed by atoms with Crippen molar-refractivity contribution in [2.45, 2.75) is 6.42 Å². The number of aromatic hydroxyl groups is 1. The molecule has 0 unspecified atom stereocenters. The molecule has 172 valence electrons. The lowest BCUT2D eigenvalue weighted by Gasteiger charge is -2.17. The van der Waals surface area contributed by atoms with Crippen LogP contribution in [0.3, 0.4) is 0 Å². The van der Waals surface area contributed by atoms with Crippen molar-refractivity contribution in [3.05, 3.63) is 77.9 Å². The van der Waals surface area contributed by atoms with Crippen molar-refractivity contribution in [2.75, 3.05) is 21.8 Å². The zero-order chi connectivity index (χ0) is 23.8. The summed E-state index contributed by atoms with van der Waals surface area (Å²) in [5.41, 5.74) is 3.51. The predicted octanol–water partition coefficient (Wildman–Crippen LogP) is 2.20. The number of carbonyl (C=O) groups is 1. The Morgan fingerprint density at radius 2 is 1.76 bits per heavy atom. The molecule has 3 N–H and O–H groups in total. The number of phenols is 1. The summed E-state index contributed by atoms with van der Waals surface area (Å²) in [6.07, 6.45) is 1.32. The van der Waals surface area contributed by atoms with E-state index in [-0.39, 0.29) is 17.9 Å². The third kappa shape index (κ3) is 5.10. The molecule has 0 aliphatic carbocycles. The van der Waals surface area contributed by atoms with E-state index in [1.54, 1.807) is 12.1 Å². The minimum absolute atomic E-state index is 0.0235. The third-order valence-electron chi connectivity index (χ3n) is 5.03. The highest BCUT2D eigenvalue weighted by molar-refractivity contribution is 7.92. The van der Waals surface area contributed by atoms with Crippen molar-refractivity contribution in [3.63, 3.8) is 0 Å². The van der Waals surface area contributed by atoms with E-state index in [0.29, 0.717) is 16.8 Å². The van der Waals surface area contributed by atoms with Crippen LogP contribution in [0, 0.1) is 0 Å². The molecule has 4 rings (SSSR count). The summed E-state index contributed by atoms with van der Waals surface area (Å²) in [7, 11) is -7.57. The maximum absolute atomic E-state index is 12.1. The fourth-order valence-electron chi connectivity index (χ4n) is 3.62. The summed E-state index contributed by atoms with van der Waals surface area (Å²) < 4.78 is 53.0. The number of rotatable bonds is 6. The van der Waals surface area contributed by atoms with E-state index in [0.717, 1.165) is 21.7 Å². The van der Waals surface area contributed by atoms with Gasteiger partial charge in [-0.25, -0.2) is 17.4 Å². The average molecular weight is 488 g/mol. The molecule has 1 fully saturated rings. The van der Waals surface area contributed by atoms with Gasteiger partial charge in [-0.2, -0.15) is 8.42 Å². The lowest BCUT2D eigenvalue weighted by Crippen LogP contribution is -2.29. The molecule has 0 bridgehead atoms. The maximum atomic E-state index is 12.1. The molecule has 0 spiro atoms. The molecule has 3 aromatic rings. The largest absolute Gasteiger partial charge is 0.506 e. The first kappa shape index (κ1) is 22.6. The molecule has 1 amide bonds. The third-order valence-corrected chi connectivity index (χ3v) is 7.01. The van der Waals surface area contributed by atoms with Gasteiger partial charge in [-0.05, 0) is 52.9 Å². The van der Waals surface area contributed by atoms with Crippen LogP contribution in [-0.4, -0.2) is 40.6 Å². The van der Waals surface area contributed by atoms with Crippen LogP contribution in [-0.2, 0) is 31.4 Å². The number of benzene rings is 3. The highest BCUT2D eigenvalue weighted by Crippen LogP contribution is 2.33. The zero-order valence-electron chi connectivity index (χ0n) is 17.5. The number of nitrogens with one attached hydrogen (secondary N) is 2. The molecule has 1 heterocycles. The van der Waals surface area contributed by atoms with Gasteiger partial charge in [0, 0.05) is 0 Å². The van der Waals surface area contributed by atoms with E-state index in [2.05, 4.69) is 4.72 Å². The van der Waals surface area contributed by atoms with Gasteiger partial charge in [0.25, 0.3) is 5.91 Å². The fourth-order valence-corrected chi connectivity index (χ4v) is 5.38. The number of anilines is 2. The predicted molar refractivity (Wildman–Crippen MR) is 126 cm³/mol. The Hall–Kier alpha value is -3.57. The second-order valence-corrected chi connectivity index (χ2v) is 11.0. The molecule has 1 aliphatic rings. The van der Waals surface area contributed by atoms with Crippen LogP contribution in [0.4, 0.5) is 11.4 Å². The topological polar surface area (TPSA) is 133 Å². The normalized spacial score (nSPS) is 15.3. The summed E-state index contributed by atoms with van der Waals surface area (Å²) in [5, 5.41) is 10.5.